The van der Waals surface area contributed by atoms with Crippen LogP contribution in [0.25, 0.3) is 0 Å². The van der Waals surface area contributed by atoms with Crippen molar-refractivity contribution in [3.8, 4) is 17.2 Å². The molecular weight excluding hydrogens is 362 g/mol. The molecule has 4 nitrogen and oxygen atoms in total. The third-order valence-electron chi connectivity index (χ3n) is 4.49. The molecular formula is C25H29NO3. The Morgan fingerprint density at radius 1 is 0.552 bits per heavy atom. The molecule has 3 aromatic rings. The fourth-order valence-corrected chi connectivity index (χ4v) is 2.87. The van der Waals surface area contributed by atoms with Crippen LogP contribution < -0.4 is 19.9 Å². The van der Waals surface area contributed by atoms with E-state index in [9.17, 15) is 0 Å². The molecule has 0 saturated carbocycles. The normalized spacial score (nSPS) is 10.5. The van der Waals surface area contributed by atoms with Crippen molar-refractivity contribution in [1.82, 2.24) is 0 Å². The quantitative estimate of drug-likeness (QED) is 0.441. The summed E-state index contributed by atoms with van der Waals surface area (Å²) in [5.41, 5.74) is 7.99. The minimum Gasteiger partial charge on any atom is -0.493 e. The van der Waals surface area contributed by atoms with Crippen molar-refractivity contribution in [3.63, 3.8) is 0 Å². The number of ether oxygens (including phenoxy) is 3. The highest BCUT2D eigenvalue weighted by Crippen LogP contribution is 2.19. The SMILES string of the molecule is NCCCc1ccc(OCCCOc2ccc(OCc3ccccc3)cc2)cc1. The van der Waals surface area contributed by atoms with E-state index in [1.165, 1.54) is 5.56 Å². The Morgan fingerprint density at radius 2 is 1.10 bits per heavy atom. The standard InChI is InChI=1S/C25H29NO3/c26-17-4-8-21-9-11-23(12-10-21)27-18-5-19-28-24-13-15-25(16-14-24)29-20-22-6-2-1-3-7-22/h1-3,6-7,9-16H,4-5,8,17-20,26H2. The lowest BCUT2D eigenvalue weighted by atomic mass is 10.1. The van der Waals surface area contributed by atoms with Crippen LogP contribution in [-0.4, -0.2) is 19.8 Å². The highest BCUT2D eigenvalue weighted by Gasteiger charge is 1.99. The number of rotatable bonds is 12. The third kappa shape index (κ3) is 7.51. The lowest BCUT2D eigenvalue weighted by Crippen LogP contribution is -2.05. The van der Waals surface area contributed by atoms with Crippen LogP contribution in [0.4, 0.5) is 0 Å². The van der Waals surface area contributed by atoms with Gasteiger partial charge in [-0.1, -0.05) is 42.5 Å². The first-order valence-corrected chi connectivity index (χ1v) is 10.1. The van der Waals surface area contributed by atoms with Crippen LogP contribution in [0.15, 0.2) is 78.9 Å². The first-order chi connectivity index (χ1) is 14.3. The molecule has 0 radical (unpaired) electrons. The van der Waals surface area contributed by atoms with Crippen LogP contribution in [-0.2, 0) is 13.0 Å². The smallest absolute Gasteiger partial charge is 0.120 e. The Balaban J connectivity index is 1.31. The molecule has 0 atom stereocenters. The maximum Gasteiger partial charge on any atom is 0.120 e. The molecule has 0 aliphatic carbocycles. The predicted molar refractivity (Wildman–Crippen MR) is 117 cm³/mol. The van der Waals surface area contributed by atoms with E-state index in [0.29, 0.717) is 19.8 Å². The van der Waals surface area contributed by atoms with Crippen molar-refractivity contribution >= 4 is 0 Å². The van der Waals surface area contributed by atoms with Crippen LogP contribution in [0.3, 0.4) is 0 Å². The summed E-state index contributed by atoms with van der Waals surface area (Å²) < 4.78 is 17.3. The second kappa shape index (κ2) is 11.8. The van der Waals surface area contributed by atoms with Gasteiger partial charge in [-0.2, -0.15) is 0 Å². The van der Waals surface area contributed by atoms with Gasteiger partial charge >= 0.3 is 0 Å². The molecule has 3 aromatic carbocycles. The van der Waals surface area contributed by atoms with E-state index >= 15 is 0 Å². The average molecular weight is 392 g/mol. The third-order valence-corrected chi connectivity index (χ3v) is 4.49. The lowest BCUT2D eigenvalue weighted by Gasteiger charge is -2.10. The summed E-state index contributed by atoms with van der Waals surface area (Å²) in [4.78, 5) is 0. The predicted octanol–water partition coefficient (Wildman–Crippen LogP) is 5.00. The minimum absolute atomic E-state index is 0.562. The Morgan fingerprint density at radius 3 is 1.69 bits per heavy atom. The zero-order valence-corrected chi connectivity index (χ0v) is 16.8. The van der Waals surface area contributed by atoms with Gasteiger partial charge in [-0.15, -0.1) is 0 Å². The summed E-state index contributed by atoms with van der Waals surface area (Å²) in [7, 11) is 0. The van der Waals surface area contributed by atoms with Crippen molar-refractivity contribution in [2.45, 2.75) is 25.9 Å². The van der Waals surface area contributed by atoms with Crippen molar-refractivity contribution in [1.29, 1.82) is 0 Å². The van der Waals surface area contributed by atoms with Crippen molar-refractivity contribution in [2.24, 2.45) is 5.73 Å². The molecule has 0 saturated heterocycles. The Bertz CT molecular complexity index is 817. The van der Waals surface area contributed by atoms with E-state index in [2.05, 4.69) is 24.3 Å². The molecule has 152 valence electrons. The van der Waals surface area contributed by atoms with Gasteiger partial charge in [-0.05, 0) is 66.9 Å². The van der Waals surface area contributed by atoms with Crippen LogP contribution in [0.5, 0.6) is 17.2 Å². The van der Waals surface area contributed by atoms with Crippen LogP contribution >= 0.6 is 0 Å². The van der Waals surface area contributed by atoms with Gasteiger partial charge in [0.1, 0.15) is 23.9 Å². The van der Waals surface area contributed by atoms with E-state index in [1.807, 2.05) is 54.6 Å². The number of benzene rings is 3. The summed E-state index contributed by atoms with van der Waals surface area (Å²) in [6, 6.07) is 26.1. The molecule has 0 fully saturated rings. The monoisotopic (exact) mass is 391 g/mol. The van der Waals surface area contributed by atoms with Gasteiger partial charge in [0.15, 0.2) is 0 Å². The topological polar surface area (TPSA) is 53.7 Å². The highest BCUT2D eigenvalue weighted by atomic mass is 16.5. The van der Waals surface area contributed by atoms with Gasteiger partial charge in [0, 0.05) is 6.42 Å². The zero-order chi connectivity index (χ0) is 20.2. The molecule has 0 aliphatic heterocycles. The average Bonchev–Trinajstić information content (AvgIpc) is 2.78. The highest BCUT2D eigenvalue weighted by molar-refractivity contribution is 5.31. The summed E-state index contributed by atoms with van der Waals surface area (Å²) in [5, 5.41) is 0. The second-order valence-corrected chi connectivity index (χ2v) is 6.83. The summed E-state index contributed by atoms with van der Waals surface area (Å²) in [6.07, 6.45) is 2.85. The molecule has 0 bridgehead atoms. The fraction of sp³-hybridized carbons (Fsp3) is 0.280. The van der Waals surface area contributed by atoms with Gasteiger partial charge in [0.25, 0.3) is 0 Å². The molecule has 0 unspecified atom stereocenters. The van der Waals surface area contributed by atoms with E-state index in [-0.39, 0.29) is 0 Å². The van der Waals surface area contributed by atoms with E-state index in [1.54, 1.807) is 0 Å². The molecule has 4 heteroatoms. The molecule has 0 heterocycles. The van der Waals surface area contributed by atoms with E-state index in [4.69, 9.17) is 19.9 Å². The molecule has 3 rings (SSSR count). The molecule has 0 spiro atoms. The minimum atomic E-state index is 0.562. The number of aryl methyl sites for hydroxylation is 1. The van der Waals surface area contributed by atoms with Gasteiger partial charge in [-0.25, -0.2) is 0 Å². The summed E-state index contributed by atoms with van der Waals surface area (Å²) in [5.74, 6) is 2.56. The Labute approximate surface area is 173 Å². The van der Waals surface area contributed by atoms with Crippen molar-refractivity contribution in [2.75, 3.05) is 19.8 Å². The van der Waals surface area contributed by atoms with Crippen LogP contribution in [0.2, 0.25) is 0 Å². The largest absolute Gasteiger partial charge is 0.493 e. The Hall–Kier alpha value is -2.98. The Kier molecular flexibility index (Phi) is 8.42. The summed E-state index contributed by atoms with van der Waals surface area (Å²) >= 11 is 0. The van der Waals surface area contributed by atoms with E-state index < -0.39 is 0 Å². The van der Waals surface area contributed by atoms with Gasteiger partial charge in [0.2, 0.25) is 0 Å². The van der Waals surface area contributed by atoms with Crippen molar-refractivity contribution < 1.29 is 14.2 Å². The molecule has 0 aliphatic rings. The first kappa shape index (κ1) is 20.7. The number of hydrogen-bond acceptors (Lipinski definition) is 4. The second-order valence-electron chi connectivity index (χ2n) is 6.83. The maximum atomic E-state index is 5.79. The van der Waals surface area contributed by atoms with Gasteiger partial charge in [0.05, 0.1) is 13.2 Å². The van der Waals surface area contributed by atoms with Crippen LogP contribution in [0, 0.1) is 0 Å². The number of hydrogen-bond donors (Lipinski definition) is 1. The maximum absolute atomic E-state index is 5.79. The molecule has 0 amide bonds. The number of nitrogens with two attached hydrogens (primary N) is 1. The van der Waals surface area contributed by atoms with Gasteiger partial charge < -0.3 is 19.9 Å². The van der Waals surface area contributed by atoms with E-state index in [0.717, 1.165) is 48.6 Å². The van der Waals surface area contributed by atoms with Crippen LogP contribution in [0.1, 0.15) is 24.0 Å². The van der Waals surface area contributed by atoms with Gasteiger partial charge in [-0.3, -0.25) is 0 Å². The first-order valence-electron chi connectivity index (χ1n) is 10.1. The molecule has 2 N–H and O–H groups in total. The molecule has 29 heavy (non-hydrogen) atoms. The van der Waals surface area contributed by atoms with Crippen molar-refractivity contribution in [3.05, 3.63) is 90.0 Å². The fourth-order valence-electron chi connectivity index (χ4n) is 2.87. The lowest BCUT2D eigenvalue weighted by molar-refractivity contribution is 0.247. The summed E-state index contributed by atoms with van der Waals surface area (Å²) in [6.45, 7) is 2.52. The molecule has 0 aromatic heterocycles. The zero-order valence-electron chi connectivity index (χ0n) is 16.8.